The van der Waals surface area contributed by atoms with Gasteiger partial charge in [0.25, 0.3) is 0 Å². The third kappa shape index (κ3) is 3.09. The molecule has 0 atom stereocenters. The molecule has 1 saturated carbocycles. The molecule has 6 heteroatoms. The molecule has 3 aromatic rings. The van der Waals surface area contributed by atoms with Gasteiger partial charge in [0.05, 0.1) is 11.5 Å². The highest BCUT2D eigenvalue weighted by molar-refractivity contribution is 6.30. The van der Waals surface area contributed by atoms with Gasteiger partial charge in [-0.2, -0.15) is 0 Å². The van der Waals surface area contributed by atoms with Crippen LogP contribution in [0.5, 0.6) is 0 Å². The van der Waals surface area contributed by atoms with Gasteiger partial charge in [-0.05, 0) is 43.9 Å². The molecule has 1 aliphatic carbocycles. The Morgan fingerprint density at radius 3 is 2.75 bits per heavy atom. The van der Waals surface area contributed by atoms with Crippen LogP contribution in [0.25, 0.3) is 22.4 Å². The van der Waals surface area contributed by atoms with Crippen molar-refractivity contribution in [2.75, 3.05) is 5.32 Å². The summed E-state index contributed by atoms with van der Waals surface area (Å²) in [6.45, 7) is 0. The molecule has 1 fully saturated rings. The fraction of sp³-hybridized carbons (Fsp3) is 0.333. The molecule has 4 rings (SSSR count). The first-order valence-corrected chi connectivity index (χ1v) is 8.62. The summed E-state index contributed by atoms with van der Waals surface area (Å²) >= 11 is 6.10. The van der Waals surface area contributed by atoms with Gasteiger partial charge in [0.15, 0.2) is 5.82 Å². The molecule has 0 saturated heterocycles. The number of halogens is 1. The minimum absolute atomic E-state index is 0.164. The number of nitrogens with zero attached hydrogens (tertiary/aromatic N) is 2. The maximum atomic E-state index is 9.68. The van der Waals surface area contributed by atoms with E-state index in [-0.39, 0.29) is 6.10 Å². The molecule has 0 amide bonds. The van der Waals surface area contributed by atoms with Crippen LogP contribution in [0.3, 0.4) is 0 Å². The minimum Gasteiger partial charge on any atom is -0.393 e. The van der Waals surface area contributed by atoms with Crippen LogP contribution in [0.15, 0.2) is 36.5 Å². The molecule has 0 bridgehead atoms. The van der Waals surface area contributed by atoms with Crippen molar-refractivity contribution < 1.29 is 5.11 Å². The largest absolute Gasteiger partial charge is 0.393 e. The van der Waals surface area contributed by atoms with E-state index in [1.807, 2.05) is 36.5 Å². The van der Waals surface area contributed by atoms with Crippen LogP contribution >= 0.6 is 11.6 Å². The lowest BCUT2D eigenvalue weighted by atomic mass is 9.93. The van der Waals surface area contributed by atoms with E-state index in [9.17, 15) is 5.11 Å². The molecule has 2 heterocycles. The third-order valence-electron chi connectivity index (χ3n) is 4.54. The average molecular weight is 343 g/mol. The number of benzene rings is 1. The lowest BCUT2D eigenvalue weighted by Gasteiger charge is -2.26. The van der Waals surface area contributed by atoms with Crippen molar-refractivity contribution in [3.05, 3.63) is 41.6 Å². The lowest BCUT2D eigenvalue weighted by Crippen LogP contribution is -2.28. The zero-order valence-electron chi connectivity index (χ0n) is 13.2. The summed E-state index contributed by atoms with van der Waals surface area (Å²) in [4.78, 5) is 12.5. The molecule has 124 valence electrons. The van der Waals surface area contributed by atoms with Gasteiger partial charge in [-0.25, -0.2) is 9.97 Å². The summed E-state index contributed by atoms with van der Waals surface area (Å²) in [5.41, 5.74) is 1.69. The number of hydrogen-bond acceptors (Lipinski definition) is 4. The highest BCUT2D eigenvalue weighted by Gasteiger charge is 2.21. The van der Waals surface area contributed by atoms with Crippen LogP contribution in [0, 0.1) is 0 Å². The number of rotatable bonds is 3. The molecule has 0 spiro atoms. The van der Waals surface area contributed by atoms with E-state index < -0.39 is 0 Å². The highest BCUT2D eigenvalue weighted by Crippen LogP contribution is 2.28. The molecule has 0 radical (unpaired) electrons. The molecule has 3 N–H and O–H groups in total. The van der Waals surface area contributed by atoms with E-state index in [4.69, 9.17) is 16.6 Å². The molecule has 0 unspecified atom stereocenters. The zero-order valence-corrected chi connectivity index (χ0v) is 13.9. The van der Waals surface area contributed by atoms with E-state index in [1.165, 1.54) is 0 Å². The first kappa shape index (κ1) is 15.4. The van der Waals surface area contributed by atoms with Crippen molar-refractivity contribution in [2.24, 2.45) is 0 Å². The van der Waals surface area contributed by atoms with E-state index >= 15 is 0 Å². The lowest BCUT2D eigenvalue weighted by molar-refractivity contribution is 0.126. The summed E-state index contributed by atoms with van der Waals surface area (Å²) in [5.74, 6) is 1.48. The second-order valence-corrected chi connectivity index (χ2v) is 6.73. The minimum atomic E-state index is -0.164. The van der Waals surface area contributed by atoms with E-state index in [0.717, 1.165) is 48.1 Å². The fourth-order valence-electron chi connectivity index (χ4n) is 3.22. The van der Waals surface area contributed by atoms with Crippen molar-refractivity contribution >= 4 is 28.5 Å². The Balaban J connectivity index is 1.70. The Morgan fingerprint density at radius 2 is 1.96 bits per heavy atom. The van der Waals surface area contributed by atoms with Crippen molar-refractivity contribution in [3.8, 4) is 11.4 Å². The van der Waals surface area contributed by atoms with Gasteiger partial charge in [0.2, 0.25) is 0 Å². The second kappa shape index (κ2) is 6.42. The molecule has 0 aliphatic heterocycles. The summed E-state index contributed by atoms with van der Waals surface area (Å²) in [6.07, 6.45) is 5.27. The third-order valence-corrected chi connectivity index (χ3v) is 4.77. The molecule has 24 heavy (non-hydrogen) atoms. The Kier molecular flexibility index (Phi) is 4.12. The van der Waals surface area contributed by atoms with Gasteiger partial charge in [-0.3, -0.25) is 0 Å². The van der Waals surface area contributed by atoms with E-state index in [1.54, 1.807) is 0 Å². The van der Waals surface area contributed by atoms with Crippen molar-refractivity contribution in [1.29, 1.82) is 0 Å². The van der Waals surface area contributed by atoms with Crippen molar-refractivity contribution in [2.45, 2.75) is 37.8 Å². The van der Waals surface area contributed by atoms with Crippen molar-refractivity contribution in [3.63, 3.8) is 0 Å². The first-order chi connectivity index (χ1) is 11.7. The maximum Gasteiger partial charge on any atom is 0.163 e. The zero-order chi connectivity index (χ0) is 16.5. The number of anilines is 1. The van der Waals surface area contributed by atoms with Gasteiger partial charge in [-0.15, -0.1) is 0 Å². The Labute approximate surface area is 145 Å². The standard InChI is InChI=1S/C18H19ClN4O/c19-12-3-1-2-11(10-12)16-22-17-15(8-9-20-17)18(23-16)21-13-4-6-14(24)7-5-13/h1-3,8-10,13-14,24H,4-7H2,(H2,20,21,22,23). The number of fused-ring (bicyclic) bond motifs is 1. The quantitative estimate of drug-likeness (QED) is 0.672. The van der Waals surface area contributed by atoms with Crippen molar-refractivity contribution in [1.82, 2.24) is 15.0 Å². The summed E-state index contributed by atoms with van der Waals surface area (Å²) in [6, 6.07) is 9.87. The summed E-state index contributed by atoms with van der Waals surface area (Å²) in [5, 5.41) is 14.9. The van der Waals surface area contributed by atoms with Crippen LogP contribution in [0.1, 0.15) is 25.7 Å². The summed E-state index contributed by atoms with van der Waals surface area (Å²) in [7, 11) is 0. The topological polar surface area (TPSA) is 73.8 Å². The normalized spacial score (nSPS) is 21.1. The van der Waals surface area contributed by atoms with Gasteiger partial charge < -0.3 is 15.4 Å². The fourth-order valence-corrected chi connectivity index (χ4v) is 3.41. The number of nitrogens with one attached hydrogen (secondary N) is 2. The number of aromatic nitrogens is 3. The smallest absolute Gasteiger partial charge is 0.163 e. The SMILES string of the molecule is OC1CCC(Nc2nc(-c3cccc(Cl)c3)nc3[nH]ccc23)CC1. The predicted molar refractivity (Wildman–Crippen MR) is 96.2 cm³/mol. The molecule has 1 aromatic carbocycles. The maximum absolute atomic E-state index is 9.68. The van der Waals surface area contributed by atoms with Crippen LogP contribution in [0.2, 0.25) is 5.02 Å². The number of aromatic amines is 1. The van der Waals surface area contributed by atoms with Crippen LogP contribution in [0.4, 0.5) is 5.82 Å². The molecule has 1 aliphatic rings. The summed E-state index contributed by atoms with van der Waals surface area (Å²) < 4.78 is 0. The van der Waals surface area contributed by atoms with Gasteiger partial charge in [-0.1, -0.05) is 23.7 Å². The molecule has 2 aromatic heterocycles. The van der Waals surface area contributed by atoms with Crippen LogP contribution < -0.4 is 5.32 Å². The molecule has 5 nitrogen and oxygen atoms in total. The van der Waals surface area contributed by atoms with Crippen LogP contribution in [-0.4, -0.2) is 32.2 Å². The highest BCUT2D eigenvalue weighted by atomic mass is 35.5. The Bertz CT molecular complexity index is 855. The van der Waals surface area contributed by atoms with E-state index in [2.05, 4.69) is 15.3 Å². The van der Waals surface area contributed by atoms with Crippen LogP contribution in [-0.2, 0) is 0 Å². The number of hydrogen-bond donors (Lipinski definition) is 3. The monoisotopic (exact) mass is 342 g/mol. The number of H-pyrrole nitrogens is 1. The average Bonchev–Trinajstić information content (AvgIpc) is 3.06. The number of aliphatic hydroxyl groups is 1. The van der Waals surface area contributed by atoms with Gasteiger partial charge in [0.1, 0.15) is 11.5 Å². The Hall–Kier alpha value is -2.11. The van der Waals surface area contributed by atoms with Gasteiger partial charge >= 0.3 is 0 Å². The van der Waals surface area contributed by atoms with Gasteiger partial charge in [0, 0.05) is 22.8 Å². The molecular formula is C18H19ClN4O. The van der Waals surface area contributed by atoms with E-state index in [0.29, 0.717) is 16.9 Å². The predicted octanol–water partition coefficient (Wildman–Crippen LogP) is 3.99. The molecular weight excluding hydrogens is 324 g/mol. The first-order valence-electron chi connectivity index (χ1n) is 8.25. The number of aliphatic hydroxyl groups excluding tert-OH is 1. The second-order valence-electron chi connectivity index (χ2n) is 6.30. The Morgan fingerprint density at radius 1 is 1.12 bits per heavy atom.